The highest BCUT2D eigenvalue weighted by Crippen LogP contribution is 2.26. The molecule has 0 bridgehead atoms. The summed E-state index contributed by atoms with van der Waals surface area (Å²) in [5, 5.41) is 6.34. The number of ether oxygens (including phenoxy) is 1. The number of carbonyl (C=O) groups excluding carboxylic acids is 2. The summed E-state index contributed by atoms with van der Waals surface area (Å²) in [6, 6.07) is 8.14. The number of hydrogen-bond acceptors (Lipinski definition) is 5. The van der Waals surface area contributed by atoms with Gasteiger partial charge in [-0.05, 0) is 36.8 Å². The lowest BCUT2D eigenvalue weighted by Gasteiger charge is -2.10. The molecule has 0 aliphatic heterocycles. The number of methoxy groups -OCH3 is 1. The third-order valence-electron chi connectivity index (χ3n) is 3.74. The number of benzene rings is 1. The molecule has 0 fully saturated rings. The monoisotopic (exact) mass is 375 g/mol. The highest BCUT2D eigenvalue weighted by Gasteiger charge is 2.10. The minimum atomic E-state index is -0.451. The molecule has 1 aromatic carbocycles. The molecule has 2 rings (SSSR count). The smallest absolute Gasteiger partial charge is 0.337 e. The normalized spacial score (nSPS) is 10.3. The second kappa shape index (κ2) is 9.77. The number of aromatic nitrogens is 1. The van der Waals surface area contributed by atoms with E-state index in [4.69, 9.17) is 16.3 Å². The number of amides is 1. The molecule has 2 aromatic rings. The number of nitrogens with one attached hydrogen (secondary N) is 2. The van der Waals surface area contributed by atoms with Gasteiger partial charge in [-0.3, -0.25) is 4.79 Å². The Bertz CT molecular complexity index is 763. The number of carbonyl (C=O) groups is 2. The van der Waals surface area contributed by atoms with Crippen LogP contribution in [0.3, 0.4) is 0 Å². The fraction of sp³-hybridized carbons (Fsp3) is 0.316. The van der Waals surface area contributed by atoms with Gasteiger partial charge in [0.2, 0.25) is 0 Å². The van der Waals surface area contributed by atoms with Crippen LogP contribution >= 0.6 is 11.6 Å². The van der Waals surface area contributed by atoms with Gasteiger partial charge in [-0.15, -0.1) is 0 Å². The number of unbranched alkanes of at least 4 members (excludes halogenated alkanes) is 2. The minimum Gasteiger partial charge on any atom is -0.465 e. The summed E-state index contributed by atoms with van der Waals surface area (Å²) < 4.78 is 4.70. The molecule has 0 saturated heterocycles. The molecule has 0 unspecified atom stereocenters. The van der Waals surface area contributed by atoms with Gasteiger partial charge in [0.05, 0.1) is 28.9 Å². The molecule has 0 spiro atoms. The standard InChI is InChI=1S/C19H22ClN3O3/c1-3-4-5-10-21-18(24)14-7-9-17(22-12-14)23-16-11-13(19(25)26-2)6-8-15(16)20/h6-9,11-12H,3-5,10H2,1-2H3,(H,21,24)(H,22,23). The van der Waals surface area contributed by atoms with Crippen molar-refractivity contribution in [3.63, 3.8) is 0 Å². The van der Waals surface area contributed by atoms with E-state index in [-0.39, 0.29) is 5.91 Å². The quantitative estimate of drug-likeness (QED) is 0.534. The molecule has 0 saturated carbocycles. The SMILES string of the molecule is CCCCCNC(=O)c1ccc(Nc2cc(C(=O)OC)ccc2Cl)nc1. The van der Waals surface area contributed by atoms with Crippen molar-refractivity contribution in [1.29, 1.82) is 0 Å². The van der Waals surface area contributed by atoms with Crippen LogP contribution in [-0.4, -0.2) is 30.5 Å². The summed E-state index contributed by atoms with van der Waals surface area (Å²) in [5.41, 5.74) is 1.39. The topological polar surface area (TPSA) is 80.3 Å². The van der Waals surface area contributed by atoms with Crippen molar-refractivity contribution in [3.8, 4) is 0 Å². The van der Waals surface area contributed by atoms with Crippen LogP contribution in [0.1, 0.15) is 46.9 Å². The van der Waals surface area contributed by atoms with E-state index in [9.17, 15) is 9.59 Å². The zero-order valence-corrected chi connectivity index (χ0v) is 15.6. The Hall–Kier alpha value is -2.60. The molecule has 0 aliphatic rings. The number of pyridine rings is 1. The van der Waals surface area contributed by atoms with Crippen LogP contribution in [0.4, 0.5) is 11.5 Å². The van der Waals surface area contributed by atoms with Gasteiger partial charge in [0.1, 0.15) is 5.82 Å². The highest BCUT2D eigenvalue weighted by molar-refractivity contribution is 6.33. The summed E-state index contributed by atoms with van der Waals surface area (Å²) in [6.07, 6.45) is 4.66. The highest BCUT2D eigenvalue weighted by atomic mass is 35.5. The predicted molar refractivity (Wildman–Crippen MR) is 102 cm³/mol. The summed E-state index contributed by atoms with van der Waals surface area (Å²) >= 11 is 6.15. The lowest BCUT2D eigenvalue weighted by atomic mass is 10.2. The van der Waals surface area contributed by atoms with Gasteiger partial charge >= 0.3 is 5.97 Å². The third-order valence-corrected chi connectivity index (χ3v) is 4.07. The second-order valence-corrected chi connectivity index (χ2v) is 6.11. The van der Waals surface area contributed by atoms with Gasteiger partial charge in [0.25, 0.3) is 5.91 Å². The van der Waals surface area contributed by atoms with Crippen LogP contribution in [0.2, 0.25) is 5.02 Å². The average Bonchev–Trinajstić information content (AvgIpc) is 2.66. The molecule has 138 valence electrons. The van der Waals surface area contributed by atoms with Gasteiger partial charge in [-0.1, -0.05) is 31.4 Å². The first kappa shape index (κ1) is 19.7. The van der Waals surface area contributed by atoms with E-state index < -0.39 is 5.97 Å². The Labute approximate surface area is 157 Å². The molecule has 1 aromatic heterocycles. The maximum Gasteiger partial charge on any atom is 0.337 e. The van der Waals surface area contributed by atoms with E-state index in [0.29, 0.717) is 34.2 Å². The Balaban J connectivity index is 2.03. The first-order chi connectivity index (χ1) is 12.5. The van der Waals surface area contributed by atoms with E-state index in [1.807, 2.05) is 0 Å². The molecule has 6 nitrogen and oxygen atoms in total. The zero-order chi connectivity index (χ0) is 18.9. The number of hydrogen-bond donors (Lipinski definition) is 2. The largest absolute Gasteiger partial charge is 0.465 e. The molecule has 0 atom stereocenters. The Morgan fingerprint density at radius 3 is 2.58 bits per heavy atom. The lowest BCUT2D eigenvalue weighted by molar-refractivity contribution is 0.0600. The first-order valence-corrected chi connectivity index (χ1v) is 8.82. The van der Waals surface area contributed by atoms with Gasteiger partial charge in [0, 0.05) is 12.7 Å². The van der Waals surface area contributed by atoms with Crippen LogP contribution in [0.15, 0.2) is 36.5 Å². The molecular weight excluding hydrogens is 354 g/mol. The molecule has 1 heterocycles. The second-order valence-electron chi connectivity index (χ2n) is 5.71. The molecule has 1 amide bonds. The van der Waals surface area contributed by atoms with Crippen molar-refractivity contribution in [3.05, 3.63) is 52.7 Å². The lowest BCUT2D eigenvalue weighted by Crippen LogP contribution is -2.24. The van der Waals surface area contributed by atoms with Gasteiger partial charge in [-0.25, -0.2) is 9.78 Å². The molecule has 2 N–H and O–H groups in total. The maximum absolute atomic E-state index is 12.0. The van der Waals surface area contributed by atoms with Crippen molar-refractivity contribution in [2.45, 2.75) is 26.2 Å². The van der Waals surface area contributed by atoms with E-state index in [2.05, 4.69) is 22.5 Å². The van der Waals surface area contributed by atoms with Crippen LogP contribution in [0, 0.1) is 0 Å². The van der Waals surface area contributed by atoms with Gasteiger partial charge < -0.3 is 15.4 Å². The summed E-state index contributed by atoms with van der Waals surface area (Å²) in [5.74, 6) is -0.0879. The fourth-order valence-electron chi connectivity index (χ4n) is 2.28. The molecule has 0 aliphatic carbocycles. The van der Waals surface area contributed by atoms with E-state index in [1.165, 1.54) is 13.3 Å². The van der Waals surface area contributed by atoms with Crippen molar-refractivity contribution >= 4 is 35.0 Å². The average molecular weight is 376 g/mol. The van der Waals surface area contributed by atoms with Crippen LogP contribution in [0.25, 0.3) is 0 Å². The number of esters is 1. The Morgan fingerprint density at radius 2 is 1.92 bits per heavy atom. The summed E-state index contributed by atoms with van der Waals surface area (Å²) in [4.78, 5) is 27.9. The third kappa shape index (κ3) is 5.46. The van der Waals surface area contributed by atoms with Crippen molar-refractivity contribution in [2.75, 3.05) is 19.0 Å². The predicted octanol–water partition coefficient (Wildman–Crippen LogP) is 4.19. The molecule has 26 heavy (non-hydrogen) atoms. The van der Waals surface area contributed by atoms with Gasteiger partial charge in [-0.2, -0.15) is 0 Å². The minimum absolute atomic E-state index is 0.147. The molecular formula is C19H22ClN3O3. The Kier molecular flexibility index (Phi) is 7.41. The summed E-state index contributed by atoms with van der Waals surface area (Å²) in [6.45, 7) is 2.77. The van der Waals surface area contributed by atoms with E-state index in [0.717, 1.165) is 19.3 Å². The van der Waals surface area contributed by atoms with Gasteiger partial charge in [0.15, 0.2) is 0 Å². The maximum atomic E-state index is 12.0. The molecule has 7 heteroatoms. The van der Waals surface area contributed by atoms with Crippen molar-refractivity contribution in [1.82, 2.24) is 10.3 Å². The Morgan fingerprint density at radius 1 is 1.15 bits per heavy atom. The number of nitrogens with zero attached hydrogens (tertiary/aromatic N) is 1. The molecule has 0 radical (unpaired) electrons. The van der Waals surface area contributed by atoms with Crippen molar-refractivity contribution in [2.24, 2.45) is 0 Å². The first-order valence-electron chi connectivity index (χ1n) is 8.44. The van der Waals surface area contributed by atoms with E-state index in [1.54, 1.807) is 30.3 Å². The van der Waals surface area contributed by atoms with Crippen LogP contribution in [0.5, 0.6) is 0 Å². The fourth-order valence-corrected chi connectivity index (χ4v) is 2.45. The number of halogens is 1. The zero-order valence-electron chi connectivity index (χ0n) is 14.8. The van der Waals surface area contributed by atoms with Crippen molar-refractivity contribution < 1.29 is 14.3 Å². The number of anilines is 2. The van der Waals surface area contributed by atoms with Crippen LogP contribution in [-0.2, 0) is 4.74 Å². The van der Waals surface area contributed by atoms with Crippen LogP contribution < -0.4 is 10.6 Å². The summed E-state index contributed by atoms with van der Waals surface area (Å²) in [7, 11) is 1.32. The van der Waals surface area contributed by atoms with E-state index >= 15 is 0 Å². The number of rotatable bonds is 8.